The first-order valence-corrected chi connectivity index (χ1v) is 16.3. The number of hydrogen-bond acceptors (Lipinski definition) is 7. The van der Waals surface area contributed by atoms with Gasteiger partial charge in [0.05, 0.1) is 45.1 Å². The van der Waals surface area contributed by atoms with Crippen molar-refractivity contribution < 1.29 is 32.0 Å². The van der Waals surface area contributed by atoms with Gasteiger partial charge < -0.3 is 18.8 Å². The van der Waals surface area contributed by atoms with Crippen LogP contribution in [-0.2, 0) is 14.9 Å². The molecule has 5 rings (SSSR count). The third-order valence-corrected chi connectivity index (χ3v) is 12.3. The summed E-state index contributed by atoms with van der Waals surface area (Å²) in [5.41, 5.74) is -1.22. The Bertz CT molecular complexity index is 1310. The molecule has 0 radical (unpaired) electrons. The summed E-state index contributed by atoms with van der Waals surface area (Å²) in [5, 5.41) is 3.92. The Labute approximate surface area is 238 Å². The third-order valence-electron chi connectivity index (χ3n) is 8.70. The first-order chi connectivity index (χ1) is 18.9. The highest BCUT2D eigenvalue weighted by Gasteiger charge is 2.64. The molecule has 9 heteroatoms. The summed E-state index contributed by atoms with van der Waals surface area (Å²) in [6.07, 6.45) is 1.88. The van der Waals surface area contributed by atoms with Crippen molar-refractivity contribution in [1.82, 2.24) is 0 Å². The van der Waals surface area contributed by atoms with E-state index in [0.717, 1.165) is 23.7 Å². The van der Waals surface area contributed by atoms with E-state index in [2.05, 4.69) is 36.4 Å². The highest BCUT2D eigenvalue weighted by atomic mass is 32.2. The smallest absolute Gasteiger partial charge is 0.140 e. The van der Waals surface area contributed by atoms with Crippen LogP contribution in [0.1, 0.15) is 33.1 Å². The van der Waals surface area contributed by atoms with Crippen molar-refractivity contribution in [2.75, 3.05) is 27.1 Å². The largest absolute Gasteiger partial charge is 0.748 e. The van der Waals surface area contributed by atoms with Crippen LogP contribution < -0.4 is 30.1 Å². The molecular weight excluding hydrogens is 547 g/mol. The Morgan fingerprint density at radius 2 is 1.15 bits per heavy atom. The first-order valence-electron chi connectivity index (χ1n) is 13.2. The molecule has 0 aliphatic heterocycles. The number of carbonyl (C=O) groups is 1. The monoisotopic (exact) mass is 584 g/mol. The number of hydrogen-bond donors (Lipinski definition) is 0. The van der Waals surface area contributed by atoms with E-state index in [1.165, 1.54) is 15.9 Å². The van der Waals surface area contributed by atoms with Crippen molar-refractivity contribution in [3.05, 3.63) is 72.8 Å². The minimum atomic E-state index is -4.33. The molecule has 2 saturated carbocycles. The molecule has 0 N–H and O–H groups in total. The average molecular weight is 585 g/mol. The highest BCUT2D eigenvalue weighted by Crippen LogP contribution is 2.64. The molecule has 0 spiro atoms. The summed E-state index contributed by atoms with van der Waals surface area (Å²) in [6, 6.07) is 25.1. The molecule has 3 aromatic carbocycles. The molecule has 2 unspecified atom stereocenters. The lowest BCUT2D eigenvalue weighted by Gasteiger charge is -2.37. The topological polar surface area (TPSA) is 102 Å². The molecule has 2 aliphatic carbocycles. The Kier molecular flexibility index (Phi) is 8.93. The fourth-order valence-corrected chi connectivity index (χ4v) is 9.96. The van der Waals surface area contributed by atoms with Gasteiger partial charge in [0.15, 0.2) is 0 Å². The van der Waals surface area contributed by atoms with Crippen LogP contribution in [0.4, 0.5) is 0 Å². The van der Waals surface area contributed by atoms with Gasteiger partial charge in [-0.05, 0) is 97.0 Å². The van der Waals surface area contributed by atoms with Crippen LogP contribution in [0.15, 0.2) is 72.8 Å². The zero-order valence-corrected chi connectivity index (χ0v) is 25.4. The van der Waals surface area contributed by atoms with E-state index < -0.39 is 29.2 Å². The second-order valence-corrected chi connectivity index (χ2v) is 14.8. The predicted molar refractivity (Wildman–Crippen MR) is 159 cm³/mol. The molecule has 2 bridgehead atoms. The molecule has 3 aromatic rings. The maximum Gasteiger partial charge on any atom is 0.140 e. The van der Waals surface area contributed by atoms with Gasteiger partial charge in [0, 0.05) is 11.8 Å². The quantitative estimate of drug-likeness (QED) is 0.290. The third kappa shape index (κ3) is 6.04. The number of rotatable bonds is 8. The van der Waals surface area contributed by atoms with Crippen molar-refractivity contribution in [3.8, 4) is 17.2 Å². The van der Waals surface area contributed by atoms with Crippen LogP contribution in [-0.4, -0.2) is 45.8 Å². The normalized spacial score (nSPS) is 21.1. The number of methoxy groups -OCH3 is 3. The number of ether oxygens (including phenoxy) is 3. The van der Waals surface area contributed by atoms with Crippen molar-refractivity contribution >= 4 is 39.7 Å². The van der Waals surface area contributed by atoms with E-state index in [1.54, 1.807) is 21.3 Å². The van der Waals surface area contributed by atoms with Gasteiger partial charge in [0.2, 0.25) is 0 Å². The van der Waals surface area contributed by atoms with Crippen molar-refractivity contribution in [3.63, 3.8) is 0 Å². The molecule has 0 saturated heterocycles. The molecule has 40 heavy (non-hydrogen) atoms. The van der Waals surface area contributed by atoms with E-state index in [-0.39, 0.29) is 17.1 Å². The minimum Gasteiger partial charge on any atom is -0.748 e. The molecule has 7 nitrogen and oxygen atoms in total. The van der Waals surface area contributed by atoms with Gasteiger partial charge in [0.25, 0.3) is 0 Å². The van der Waals surface area contributed by atoms with E-state index in [4.69, 9.17) is 14.2 Å². The van der Waals surface area contributed by atoms with Gasteiger partial charge in [-0.3, -0.25) is 4.79 Å². The zero-order valence-electron chi connectivity index (χ0n) is 23.6. The Morgan fingerprint density at radius 1 is 0.775 bits per heavy atom. The summed E-state index contributed by atoms with van der Waals surface area (Å²) in [5.74, 6) is 2.33. The molecule has 2 fully saturated rings. The standard InChI is InChI=1S/C21H21O3P.C10H16O4S/c1-22-16-4-10-19(11-5-16)25(20-12-6-17(23-2)7-13-20)21-14-8-18(24-3)9-15-21;1-9(2)7-3-4-10(9,8(11)5-7)6-15(12,13)14/h4-15H,1-3H3;7H,3-6H2,1-2H3,(H,12,13,14). The maximum atomic E-state index is 11.8. The molecular formula is C31H37O7PS. The second kappa shape index (κ2) is 11.9. The van der Waals surface area contributed by atoms with Gasteiger partial charge in [-0.15, -0.1) is 0 Å². The molecule has 2 atom stereocenters. The Balaban J connectivity index is 0.000000210. The Morgan fingerprint density at radius 3 is 1.40 bits per heavy atom. The first kappa shape index (κ1) is 30.0. The van der Waals surface area contributed by atoms with Gasteiger partial charge in [0.1, 0.15) is 38.9 Å². The fraction of sp³-hybridized carbons (Fsp3) is 0.387. The highest BCUT2D eigenvalue weighted by molar-refractivity contribution is 7.85. The lowest BCUT2D eigenvalue weighted by molar-refractivity contribution is -0.128. The number of carbonyl (C=O) groups excluding carboxylic acids is 1. The van der Waals surface area contributed by atoms with E-state index in [9.17, 15) is 17.8 Å². The summed E-state index contributed by atoms with van der Waals surface area (Å²) < 4.78 is 48.6. The van der Waals surface area contributed by atoms with Crippen LogP contribution >= 0.6 is 7.92 Å². The molecule has 0 amide bonds. The summed E-state index contributed by atoms with van der Waals surface area (Å²) >= 11 is 0. The lowest BCUT2D eigenvalue weighted by Crippen LogP contribution is -2.42. The second-order valence-electron chi connectivity index (χ2n) is 10.9. The van der Waals surface area contributed by atoms with E-state index >= 15 is 0 Å². The van der Waals surface area contributed by atoms with Crippen molar-refractivity contribution in [1.29, 1.82) is 0 Å². The van der Waals surface area contributed by atoms with Gasteiger partial charge in [-0.1, -0.05) is 13.8 Å². The van der Waals surface area contributed by atoms with Gasteiger partial charge in [-0.2, -0.15) is 0 Å². The van der Waals surface area contributed by atoms with Gasteiger partial charge >= 0.3 is 0 Å². The van der Waals surface area contributed by atoms with Crippen molar-refractivity contribution in [2.24, 2.45) is 16.7 Å². The van der Waals surface area contributed by atoms with Crippen LogP contribution in [0.5, 0.6) is 17.2 Å². The van der Waals surface area contributed by atoms with Crippen LogP contribution in [0.2, 0.25) is 0 Å². The zero-order chi connectivity index (χ0) is 29.1. The molecule has 0 aromatic heterocycles. The molecule has 2 aliphatic rings. The lowest BCUT2D eigenvalue weighted by atomic mass is 9.70. The fourth-order valence-electron chi connectivity index (χ4n) is 6.18. The number of Topliss-reactive ketones (excluding diaryl/α,β-unsaturated/α-hetero) is 1. The molecule has 214 valence electrons. The van der Waals surface area contributed by atoms with E-state index in [0.29, 0.717) is 12.8 Å². The van der Waals surface area contributed by atoms with Gasteiger partial charge in [-0.25, -0.2) is 8.42 Å². The maximum absolute atomic E-state index is 11.8. The SMILES string of the molecule is CC1(C)C2CCC1(CS(=O)(=O)[O-])C(=O)C2.COc1ccc([PH+](c2ccc(OC)cc2)c2ccc(OC)cc2)cc1. The Hall–Kier alpha value is -2.93. The number of ketones is 1. The van der Waals surface area contributed by atoms with Crippen LogP contribution in [0, 0.1) is 16.7 Å². The predicted octanol–water partition coefficient (Wildman–Crippen LogP) is 4.13. The summed E-state index contributed by atoms with van der Waals surface area (Å²) in [6.45, 7) is 3.83. The van der Waals surface area contributed by atoms with E-state index in [1.807, 2.05) is 50.2 Å². The summed E-state index contributed by atoms with van der Waals surface area (Å²) in [7, 11) is -0.379. The average Bonchev–Trinajstić information content (AvgIpc) is 3.28. The summed E-state index contributed by atoms with van der Waals surface area (Å²) in [4.78, 5) is 11.8. The number of fused-ring (bicyclic) bond motifs is 2. The molecule has 0 heterocycles. The van der Waals surface area contributed by atoms with Crippen molar-refractivity contribution in [2.45, 2.75) is 33.1 Å². The van der Waals surface area contributed by atoms with Crippen LogP contribution in [0.25, 0.3) is 0 Å². The number of benzene rings is 3. The van der Waals surface area contributed by atoms with Crippen LogP contribution in [0.3, 0.4) is 0 Å². The minimum absolute atomic E-state index is 0.0248.